The number of rotatable bonds is 3. The van der Waals surface area contributed by atoms with Crippen molar-refractivity contribution in [1.29, 1.82) is 0 Å². The van der Waals surface area contributed by atoms with Crippen molar-refractivity contribution in [2.45, 2.75) is 0 Å². The number of nitrogens with zero attached hydrogens (tertiary/aromatic N) is 1. The molecule has 1 aromatic carbocycles. The number of nitrogen functional groups attached to an aromatic ring is 1. The molecule has 0 unspecified atom stereocenters. The van der Waals surface area contributed by atoms with Gasteiger partial charge in [0, 0.05) is 6.54 Å². The molecule has 2 rings (SSSR count). The van der Waals surface area contributed by atoms with Gasteiger partial charge in [0.25, 0.3) is 0 Å². The summed E-state index contributed by atoms with van der Waals surface area (Å²) < 4.78 is 5.60. The van der Waals surface area contributed by atoms with Gasteiger partial charge in [-0.25, -0.2) is 4.79 Å². The Balaban J connectivity index is 2.30. The summed E-state index contributed by atoms with van der Waals surface area (Å²) in [5, 5.41) is 9.63. The number of nitrogens with two attached hydrogens (primary N) is 2. The minimum atomic E-state index is -0.0648. The Hall–Kier alpha value is -1.63. The molecule has 1 amide bonds. The quantitative estimate of drug-likeness (QED) is 0.404. The smallest absolute Gasteiger partial charge is 0.346 e. The van der Waals surface area contributed by atoms with Gasteiger partial charge in [0.2, 0.25) is 0 Å². The maximum atomic E-state index is 12.7. The predicted molar refractivity (Wildman–Crippen MR) is 71.6 cm³/mol. The number of carbonyl (C=O) groups is 1. The van der Waals surface area contributed by atoms with E-state index in [-0.39, 0.29) is 21.8 Å². The first-order valence-corrected chi connectivity index (χ1v) is 6.36. The number of benzene rings is 1. The SMILES string of the molecule is NCC[N+]1(C(=O)c2ccc(N)c(O)c2)CCOCC1. The monoisotopic (exact) mass is 266 g/mol. The molecule has 0 aromatic heterocycles. The number of phenolic OH excluding ortho intramolecular Hbond substituents is 1. The number of phenols is 1. The van der Waals surface area contributed by atoms with Gasteiger partial charge in [-0.2, -0.15) is 0 Å². The van der Waals surface area contributed by atoms with Gasteiger partial charge in [0.15, 0.2) is 0 Å². The molecule has 6 heteroatoms. The lowest BCUT2D eigenvalue weighted by atomic mass is 10.1. The molecule has 19 heavy (non-hydrogen) atoms. The lowest BCUT2D eigenvalue weighted by molar-refractivity contribution is -0.856. The van der Waals surface area contributed by atoms with Crippen molar-refractivity contribution in [2.24, 2.45) is 5.73 Å². The predicted octanol–water partition coefficient (Wildman–Crippen LogP) is -0.0797. The van der Waals surface area contributed by atoms with Crippen LogP contribution in [0.15, 0.2) is 18.2 Å². The normalized spacial score (nSPS) is 18.2. The van der Waals surface area contributed by atoms with Crippen molar-refractivity contribution in [3.05, 3.63) is 23.8 Å². The summed E-state index contributed by atoms with van der Waals surface area (Å²) in [4.78, 5) is 12.7. The van der Waals surface area contributed by atoms with Crippen LogP contribution in [0.25, 0.3) is 0 Å². The standard InChI is InChI=1S/C13H19N3O3/c14-3-4-16(5-7-19-8-6-16)13(18)10-1-2-11(15)12(17)9-10/h1-2,9H,3-8,14H2,(H2-,15,17,18)/p+1. The van der Waals surface area contributed by atoms with Crippen LogP contribution in [0.1, 0.15) is 10.4 Å². The third kappa shape index (κ3) is 2.70. The summed E-state index contributed by atoms with van der Waals surface area (Å²) in [5.41, 5.74) is 11.9. The van der Waals surface area contributed by atoms with Gasteiger partial charge in [-0.3, -0.25) is 4.48 Å². The molecule has 6 nitrogen and oxygen atoms in total. The number of aromatic hydroxyl groups is 1. The van der Waals surface area contributed by atoms with E-state index in [0.717, 1.165) is 0 Å². The van der Waals surface area contributed by atoms with Gasteiger partial charge in [-0.1, -0.05) is 0 Å². The minimum Gasteiger partial charge on any atom is -0.506 e. The Bertz CT molecular complexity index is 465. The van der Waals surface area contributed by atoms with Gasteiger partial charge < -0.3 is 21.3 Å². The Morgan fingerprint density at radius 2 is 2.05 bits per heavy atom. The first-order valence-electron chi connectivity index (χ1n) is 6.36. The van der Waals surface area contributed by atoms with E-state index in [2.05, 4.69) is 0 Å². The fourth-order valence-corrected chi connectivity index (χ4v) is 2.42. The maximum Gasteiger partial charge on any atom is 0.346 e. The van der Waals surface area contributed by atoms with E-state index in [4.69, 9.17) is 16.2 Å². The van der Waals surface area contributed by atoms with E-state index in [1.54, 1.807) is 12.1 Å². The highest BCUT2D eigenvalue weighted by atomic mass is 16.5. The number of hydrogen-bond acceptors (Lipinski definition) is 5. The zero-order chi connectivity index (χ0) is 13.9. The third-order valence-corrected chi connectivity index (χ3v) is 3.59. The van der Waals surface area contributed by atoms with E-state index >= 15 is 0 Å². The van der Waals surface area contributed by atoms with E-state index in [1.165, 1.54) is 6.07 Å². The second-order valence-electron chi connectivity index (χ2n) is 4.80. The minimum absolute atomic E-state index is 0.0379. The largest absolute Gasteiger partial charge is 0.506 e. The van der Waals surface area contributed by atoms with E-state index in [9.17, 15) is 9.90 Å². The van der Waals surface area contributed by atoms with Crippen molar-refractivity contribution in [3.8, 4) is 5.75 Å². The fourth-order valence-electron chi connectivity index (χ4n) is 2.42. The summed E-state index contributed by atoms with van der Waals surface area (Å²) in [6.07, 6.45) is 0. The Morgan fingerprint density at radius 3 is 2.63 bits per heavy atom. The van der Waals surface area contributed by atoms with Crippen LogP contribution in [0.4, 0.5) is 5.69 Å². The van der Waals surface area contributed by atoms with Crippen LogP contribution in [0, 0.1) is 0 Å². The number of amides is 1. The number of carbonyl (C=O) groups excluding carboxylic acids is 1. The van der Waals surface area contributed by atoms with Crippen LogP contribution in [-0.4, -0.2) is 54.9 Å². The molecule has 0 bridgehead atoms. The molecule has 1 fully saturated rings. The molecule has 0 atom stereocenters. The zero-order valence-corrected chi connectivity index (χ0v) is 10.8. The summed E-state index contributed by atoms with van der Waals surface area (Å²) >= 11 is 0. The summed E-state index contributed by atoms with van der Waals surface area (Å²) in [6.45, 7) is 3.34. The van der Waals surface area contributed by atoms with Gasteiger partial charge >= 0.3 is 5.91 Å². The van der Waals surface area contributed by atoms with Crippen LogP contribution in [0.5, 0.6) is 5.75 Å². The van der Waals surface area contributed by atoms with Crippen molar-refractivity contribution in [1.82, 2.24) is 0 Å². The molecule has 1 aromatic rings. The molecule has 104 valence electrons. The van der Waals surface area contributed by atoms with Crippen LogP contribution in [-0.2, 0) is 4.74 Å². The topological polar surface area (TPSA) is 98.6 Å². The number of morpholine rings is 1. The second-order valence-corrected chi connectivity index (χ2v) is 4.80. The molecule has 1 heterocycles. The Morgan fingerprint density at radius 1 is 1.37 bits per heavy atom. The van der Waals surface area contributed by atoms with Gasteiger partial charge in [-0.15, -0.1) is 0 Å². The average Bonchev–Trinajstić information content (AvgIpc) is 2.42. The molecular formula is C13H20N3O3+. The number of anilines is 1. The highest BCUT2D eigenvalue weighted by molar-refractivity contribution is 5.90. The first-order chi connectivity index (χ1) is 9.09. The highest BCUT2D eigenvalue weighted by Gasteiger charge is 2.38. The Labute approximate surface area is 112 Å². The molecule has 1 aliphatic heterocycles. The first kappa shape index (κ1) is 13.8. The molecule has 0 saturated carbocycles. The van der Waals surface area contributed by atoms with E-state index in [0.29, 0.717) is 45.0 Å². The zero-order valence-electron chi connectivity index (χ0n) is 10.8. The van der Waals surface area contributed by atoms with Crippen molar-refractivity contribution < 1.29 is 19.1 Å². The molecule has 1 saturated heterocycles. The highest BCUT2D eigenvalue weighted by Crippen LogP contribution is 2.24. The molecule has 5 N–H and O–H groups in total. The summed E-state index contributed by atoms with van der Waals surface area (Å²) in [7, 11) is 0. The average molecular weight is 266 g/mol. The van der Waals surface area contributed by atoms with Crippen molar-refractivity contribution >= 4 is 11.6 Å². The van der Waals surface area contributed by atoms with Crippen molar-refractivity contribution in [3.63, 3.8) is 0 Å². The molecule has 0 aliphatic carbocycles. The number of quaternary nitrogens is 1. The molecule has 1 aliphatic rings. The van der Waals surface area contributed by atoms with Crippen LogP contribution in [0.3, 0.4) is 0 Å². The van der Waals surface area contributed by atoms with E-state index < -0.39 is 0 Å². The summed E-state index contributed by atoms with van der Waals surface area (Å²) in [6, 6.07) is 4.61. The maximum absolute atomic E-state index is 12.7. The van der Waals surface area contributed by atoms with Crippen LogP contribution < -0.4 is 11.5 Å². The molecular weight excluding hydrogens is 246 g/mol. The number of hydrogen-bond donors (Lipinski definition) is 3. The summed E-state index contributed by atoms with van der Waals surface area (Å²) in [5.74, 6) is -0.103. The van der Waals surface area contributed by atoms with Gasteiger partial charge in [0.05, 0.1) is 31.0 Å². The molecule has 0 spiro atoms. The molecule has 0 radical (unpaired) electrons. The fraction of sp³-hybridized carbons (Fsp3) is 0.462. The second kappa shape index (κ2) is 5.56. The van der Waals surface area contributed by atoms with E-state index in [1.807, 2.05) is 0 Å². The Kier molecular flexibility index (Phi) is 4.04. The van der Waals surface area contributed by atoms with Crippen LogP contribution >= 0.6 is 0 Å². The number of ether oxygens (including phenoxy) is 1. The third-order valence-electron chi connectivity index (χ3n) is 3.59. The van der Waals surface area contributed by atoms with Crippen LogP contribution in [0.2, 0.25) is 0 Å². The van der Waals surface area contributed by atoms with Gasteiger partial charge in [0.1, 0.15) is 18.8 Å². The van der Waals surface area contributed by atoms with Gasteiger partial charge in [-0.05, 0) is 18.2 Å². The lowest BCUT2D eigenvalue weighted by Gasteiger charge is -2.38. The lowest BCUT2D eigenvalue weighted by Crippen LogP contribution is -2.60. The van der Waals surface area contributed by atoms with Crippen molar-refractivity contribution in [2.75, 3.05) is 45.1 Å².